The molecule has 1 saturated heterocycles. The summed E-state index contributed by atoms with van der Waals surface area (Å²) in [6.45, 7) is 1.40. The number of aliphatic hydroxyl groups is 1. The van der Waals surface area contributed by atoms with Gasteiger partial charge in [-0.05, 0) is 54.8 Å². The molecule has 1 heterocycles. The van der Waals surface area contributed by atoms with Crippen molar-refractivity contribution in [2.45, 2.75) is 25.5 Å². The average molecular weight is 358 g/mol. The number of hydrogen-bond donors (Lipinski definition) is 2. The molecule has 138 valence electrons. The second-order valence-corrected chi connectivity index (χ2v) is 6.35. The molecule has 2 aromatic carbocycles. The number of benzene rings is 2. The predicted octanol–water partition coefficient (Wildman–Crippen LogP) is 2.09. The fraction of sp³-hybridized carbons (Fsp3) is 0.350. The van der Waals surface area contributed by atoms with Gasteiger partial charge in [-0.15, -0.1) is 0 Å². The Balaban J connectivity index is 1.42. The Bertz CT molecular complexity index is 736. The fourth-order valence-corrected chi connectivity index (χ4v) is 3.01. The first-order valence-corrected chi connectivity index (χ1v) is 8.75. The van der Waals surface area contributed by atoms with Crippen LogP contribution in [0.3, 0.4) is 0 Å². The Morgan fingerprint density at radius 1 is 1.19 bits per heavy atom. The molecule has 2 aromatic rings. The Hall–Kier alpha value is -2.44. The van der Waals surface area contributed by atoms with Crippen LogP contribution in [-0.4, -0.2) is 41.8 Å². The molecule has 0 bridgehead atoms. The zero-order valence-corrected chi connectivity index (χ0v) is 14.5. The summed E-state index contributed by atoms with van der Waals surface area (Å²) in [7, 11) is 0. The highest BCUT2D eigenvalue weighted by molar-refractivity contribution is 5.83. The summed E-state index contributed by atoms with van der Waals surface area (Å²) in [6.07, 6.45) is 1.53. The van der Waals surface area contributed by atoms with Gasteiger partial charge in [-0.25, -0.2) is 4.39 Å². The predicted molar refractivity (Wildman–Crippen MR) is 96.1 cm³/mol. The van der Waals surface area contributed by atoms with Crippen molar-refractivity contribution in [3.8, 4) is 5.75 Å². The van der Waals surface area contributed by atoms with Crippen molar-refractivity contribution in [1.82, 2.24) is 10.2 Å². The van der Waals surface area contributed by atoms with E-state index in [2.05, 4.69) is 5.32 Å². The lowest BCUT2D eigenvalue weighted by Gasteiger charge is -2.14. The van der Waals surface area contributed by atoms with Crippen LogP contribution < -0.4 is 10.1 Å². The number of amides is 1. The highest BCUT2D eigenvalue weighted by Crippen LogP contribution is 2.15. The van der Waals surface area contributed by atoms with E-state index in [-0.39, 0.29) is 24.5 Å². The van der Waals surface area contributed by atoms with Gasteiger partial charge >= 0.3 is 0 Å². The molecular weight excluding hydrogens is 335 g/mol. The van der Waals surface area contributed by atoms with Crippen LogP contribution in [-0.2, 0) is 17.8 Å². The Labute approximate surface area is 152 Å². The third-order valence-electron chi connectivity index (χ3n) is 4.49. The molecule has 5 nitrogen and oxygen atoms in total. The monoisotopic (exact) mass is 358 g/mol. The third kappa shape index (κ3) is 4.80. The highest BCUT2D eigenvalue weighted by atomic mass is 19.1. The molecule has 0 radical (unpaired) electrons. The first kappa shape index (κ1) is 18.4. The standard InChI is InChI=1S/C20H23FN2O3/c21-17-3-1-2-16(12-17)13-26-18-6-4-15(5-7-18)8-10-22-19-9-11-23(14-24)20(19)25/h1-7,12,19,22,24H,8-11,13-14H2. The molecule has 6 heteroatoms. The van der Waals surface area contributed by atoms with Crippen LogP contribution in [0.25, 0.3) is 0 Å². The first-order chi connectivity index (χ1) is 12.7. The SMILES string of the molecule is O=C1C(NCCc2ccc(OCc3cccc(F)c3)cc2)CCN1CO. The summed E-state index contributed by atoms with van der Waals surface area (Å²) in [5, 5.41) is 12.3. The smallest absolute Gasteiger partial charge is 0.241 e. The Morgan fingerprint density at radius 3 is 2.69 bits per heavy atom. The van der Waals surface area contributed by atoms with E-state index in [1.807, 2.05) is 30.3 Å². The van der Waals surface area contributed by atoms with Crippen molar-refractivity contribution in [2.24, 2.45) is 0 Å². The van der Waals surface area contributed by atoms with E-state index < -0.39 is 0 Å². The molecule has 3 rings (SSSR count). The van der Waals surface area contributed by atoms with Gasteiger partial charge in [-0.3, -0.25) is 4.79 Å². The second kappa shape index (κ2) is 8.78. The summed E-state index contributed by atoms with van der Waals surface area (Å²) in [4.78, 5) is 13.3. The number of carbonyl (C=O) groups is 1. The van der Waals surface area contributed by atoms with E-state index in [0.29, 0.717) is 19.7 Å². The summed E-state index contributed by atoms with van der Waals surface area (Å²) >= 11 is 0. The number of nitrogens with zero attached hydrogens (tertiary/aromatic N) is 1. The van der Waals surface area contributed by atoms with Crippen molar-refractivity contribution in [1.29, 1.82) is 0 Å². The minimum Gasteiger partial charge on any atom is -0.489 e. The van der Waals surface area contributed by atoms with E-state index in [1.54, 1.807) is 6.07 Å². The molecule has 0 spiro atoms. The second-order valence-electron chi connectivity index (χ2n) is 6.35. The van der Waals surface area contributed by atoms with E-state index >= 15 is 0 Å². The summed E-state index contributed by atoms with van der Waals surface area (Å²) in [6, 6.07) is 13.9. The van der Waals surface area contributed by atoms with Gasteiger partial charge in [0.1, 0.15) is 24.9 Å². The van der Waals surface area contributed by atoms with Crippen molar-refractivity contribution in [2.75, 3.05) is 19.8 Å². The molecule has 1 unspecified atom stereocenters. The fourth-order valence-electron chi connectivity index (χ4n) is 3.01. The van der Waals surface area contributed by atoms with Gasteiger partial charge in [0.2, 0.25) is 5.91 Å². The molecule has 26 heavy (non-hydrogen) atoms. The minimum absolute atomic E-state index is 0.0337. The number of carbonyl (C=O) groups excluding carboxylic acids is 1. The Kier molecular flexibility index (Phi) is 6.20. The molecule has 1 amide bonds. The van der Waals surface area contributed by atoms with Crippen LogP contribution in [0.15, 0.2) is 48.5 Å². The number of ether oxygens (including phenoxy) is 1. The summed E-state index contributed by atoms with van der Waals surface area (Å²) in [5.41, 5.74) is 1.93. The van der Waals surface area contributed by atoms with Crippen LogP contribution in [0, 0.1) is 5.82 Å². The Morgan fingerprint density at radius 2 is 2.00 bits per heavy atom. The largest absolute Gasteiger partial charge is 0.489 e. The van der Waals surface area contributed by atoms with Gasteiger partial charge in [-0.2, -0.15) is 0 Å². The molecular formula is C20H23FN2O3. The maximum atomic E-state index is 13.1. The maximum Gasteiger partial charge on any atom is 0.241 e. The van der Waals surface area contributed by atoms with E-state index in [9.17, 15) is 9.18 Å². The summed E-state index contributed by atoms with van der Waals surface area (Å²) < 4.78 is 18.8. The van der Waals surface area contributed by atoms with Crippen LogP contribution >= 0.6 is 0 Å². The van der Waals surface area contributed by atoms with Crippen molar-refractivity contribution >= 4 is 5.91 Å². The topological polar surface area (TPSA) is 61.8 Å². The van der Waals surface area contributed by atoms with Gasteiger partial charge in [-0.1, -0.05) is 24.3 Å². The van der Waals surface area contributed by atoms with Crippen LogP contribution in [0.5, 0.6) is 5.75 Å². The number of nitrogens with one attached hydrogen (secondary N) is 1. The van der Waals surface area contributed by atoms with Crippen LogP contribution in [0.4, 0.5) is 4.39 Å². The lowest BCUT2D eigenvalue weighted by atomic mass is 10.1. The van der Waals surface area contributed by atoms with Gasteiger partial charge in [0.05, 0.1) is 6.04 Å². The first-order valence-electron chi connectivity index (χ1n) is 8.75. The zero-order chi connectivity index (χ0) is 18.4. The number of halogens is 1. The summed E-state index contributed by atoms with van der Waals surface area (Å²) in [5.74, 6) is 0.431. The lowest BCUT2D eigenvalue weighted by Crippen LogP contribution is -2.39. The van der Waals surface area contributed by atoms with Gasteiger partial charge < -0.3 is 20.1 Å². The molecule has 0 aromatic heterocycles. The number of aliphatic hydroxyl groups excluding tert-OH is 1. The quantitative estimate of drug-likeness (QED) is 0.759. The van der Waals surface area contributed by atoms with E-state index in [0.717, 1.165) is 29.7 Å². The normalized spacial score (nSPS) is 16.9. The molecule has 1 aliphatic rings. The van der Waals surface area contributed by atoms with Gasteiger partial charge in [0.25, 0.3) is 0 Å². The van der Waals surface area contributed by atoms with E-state index in [1.165, 1.54) is 17.0 Å². The van der Waals surface area contributed by atoms with E-state index in [4.69, 9.17) is 9.84 Å². The number of likely N-dealkylation sites (tertiary alicyclic amines) is 1. The van der Waals surface area contributed by atoms with Crippen molar-refractivity contribution in [3.63, 3.8) is 0 Å². The highest BCUT2D eigenvalue weighted by Gasteiger charge is 2.30. The maximum absolute atomic E-state index is 13.1. The molecule has 2 N–H and O–H groups in total. The number of rotatable bonds is 8. The lowest BCUT2D eigenvalue weighted by molar-refractivity contribution is -0.132. The van der Waals surface area contributed by atoms with Gasteiger partial charge in [0, 0.05) is 6.54 Å². The van der Waals surface area contributed by atoms with Gasteiger partial charge in [0.15, 0.2) is 0 Å². The molecule has 0 saturated carbocycles. The molecule has 0 aliphatic carbocycles. The minimum atomic E-state index is -0.267. The average Bonchev–Trinajstić information content (AvgIpc) is 3.01. The van der Waals surface area contributed by atoms with Crippen LogP contribution in [0.1, 0.15) is 17.5 Å². The number of hydrogen-bond acceptors (Lipinski definition) is 4. The molecule has 1 fully saturated rings. The zero-order valence-electron chi connectivity index (χ0n) is 14.5. The van der Waals surface area contributed by atoms with Crippen molar-refractivity contribution in [3.05, 3.63) is 65.5 Å². The molecule has 1 atom stereocenters. The third-order valence-corrected chi connectivity index (χ3v) is 4.49. The van der Waals surface area contributed by atoms with Crippen LogP contribution in [0.2, 0.25) is 0 Å². The molecule has 1 aliphatic heterocycles. The van der Waals surface area contributed by atoms with Crippen molar-refractivity contribution < 1.29 is 19.0 Å².